The Kier molecular flexibility index (Phi) is 5.34. The number of anilines is 3. The van der Waals surface area contributed by atoms with Crippen molar-refractivity contribution in [3.05, 3.63) is 66.4 Å². The van der Waals surface area contributed by atoms with Crippen LogP contribution in [0.15, 0.2) is 60.8 Å². The molecule has 2 aromatic carbocycles. The second kappa shape index (κ2) is 8.40. The quantitative estimate of drug-likeness (QED) is 0.619. The number of fused-ring (bicyclic) bond motifs is 1. The first-order chi connectivity index (χ1) is 13.4. The van der Waals surface area contributed by atoms with Crippen LogP contribution in [0.25, 0.3) is 0 Å². The predicted octanol–water partition coefficient (Wildman–Crippen LogP) is 4.04. The van der Waals surface area contributed by atoms with Gasteiger partial charge in [0.05, 0.1) is 0 Å². The van der Waals surface area contributed by atoms with Crippen molar-refractivity contribution < 1.29 is 9.47 Å². The molecule has 2 N–H and O–H groups in total. The third kappa shape index (κ3) is 4.67. The van der Waals surface area contributed by atoms with E-state index in [1.165, 1.54) is 5.56 Å². The van der Waals surface area contributed by atoms with E-state index in [-0.39, 0.29) is 0 Å². The Morgan fingerprint density at radius 2 is 1.78 bits per heavy atom. The van der Waals surface area contributed by atoms with Crippen molar-refractivity contribution in [2.45, 2.75) is 12.8 Å². The molecule has 138 valence electrons. The minimum absolute atomic E-state index is 0.541. The second-order valence-corrected chi connectivity index (χ2v) is 6.26. The van der Waals surface area contributed by atoms with Crippen LogP contribution in [0.1, 0.15) is 12.0 Å². The molecule has 6 nitrogen and oxygen atoms in total. The van der Waals surface area contributed by atoms with Crippen molar-refractivity contribution in [2.75, 3.05) is 30.4 Å². The van der Waals surface area contributed by atoms with Gasteiger partial charge in [0.1, 0.15) is 19.0 Å². The predicted molar refractivity (Wildman–Crippen MR) is 106 cm³/mol. The molecule has 0 aliphatic carbocycles. The lowest BCUT2D eigenvalue weighted by Gasteiger charge is -2.19. The number of hydrogen-bond acceptors (Lipinski definition) is 6. The van der Waals surface area contributed by atoms with E-state index >= 15 is 0 Å². The summed E-state index contributed by atoms with van der Waals surface area (Å²) in [5, 5.41) is 6.57. The molecule has 2 heterocycles. The molecule has 0 unspecified atom stereocenters. The largest absolute Gasteiger partial charge is 0.486 e. The van der Waals surface area contributed by atoms with Crippen molar-refractivity contribution >= 4 is 17.5 Å². The number of nitrogens with one attached hydrogen (secondary N) is 2. The molecule has 0 radical (unpaired) electrons. The third-order valence-electron chi connectivity index (χ3n) is 4.25. The molecule has 0 bridgehead atoms. The Morgan fingerprint density at radius 3 is 2.67 bits per heavy atom. The monoisotopic (exact) mass is 362 g/mol. The fourth-order valence-electron chi connectivity index (χ4n) is 2.92. The molecule has 1 aromatic heterocycles. The molecule has 3 aromatic rings. The Hall–Kier alpha value is -3.28. The van der Waals surface area contributed by atoms with Crippen LogP contribution in [0.5, 0.6) is 11.5 Å². The van der Waals surface area contributed by atoms with E-state index in [0.717, 1.165) is 42.4 Å². The van der Waals surface area contributed by atoms with Crippen LogP contribution in [0, 0.1) is 0 Å². The number of rotatable bonds is 7. The van der Waals surface area contributed by atoms with E-state index in [1.54, 1.807) is 6.20 Å². The number of hydrogen-bond donors (Lipinski definition) is 2. The molecule has 0 saturated heterocycles. The highest BCUT2D eigenvalue weighted by Gasteiger charge is 2.12. The summed E-state index contributed by atoms with van der Waals surface area (Å²) >= 11 is 0. The molecular weight excluding hydrogens is 340 g/mol. The van der Waals surface area contributed by atoms with Crippen molar-refractivity contribution in [3.8, 4) is 11.5 Å². The van der Waals surface area contributed by atoms with Gasteiger partial charge in [0.15, 0.2) is 11.5 Å². The first-order valence-electron chi connectivity index (χ1n) is 9.14. The lowest BCUT2D eigenvalue weighted by molar-refractivity contribution is 0.171. The lowest BCUT2D eigenvalue weighted by Crippen LogP contribution is -2.15. The summed E-state index contributed by atoms with van der Waals surface area (Å²) in [7, 11) is 0. The highest BCUT2D eigenvalue weighted by Crippen LogP contribution is 2.33. The number of nitrogens with zero attached hydrogens (tertiary/aromatic N) is 2. The van der Waals surface area contributed by atoms with Gasteiger partial charge in [-0.05, 0) is 36.6 Å². The van der Waals surface area contributed by atoms with Gasteiger partial charge >= 0.3 is 0 Å². The minimum atomic E-state index is 0.541. The average molecular weight is 362 g/mol. The number of benzene rings is 2. The molecule has 6 heteroatoms. The fraction of sp³-hybridized carbons (Fsp3) is 0.238. The van der Waals surface area contributed by atoms with Crippen molar-refractivity contribution in [2.24, 2.45) is 0 Å². The van der Waals surface area contributed by atoms with Gasteiger partial charge in [0.25, 0.3) is 0 Å². The summed E-state index contributed by atoms with van der Waals surface area (Å²) in [4.78, 5) is 8.81. The van der Waals surface area contributed by atoms with Crippen LogP contribution in [0.2, 0.25) is 0 Å². The number of aryl methyl sites for hydroxylation is 1. The topological polar surface area (TPSA) is 68.3 Å². The zero-order valence-electron chi connectivity index (χ0n) is 15.0. The number of ether oxygens (including phenoxy) is 2. The zero-order valence-corrected chi connectivity index (χ0v) is 15.0. The smallest absolute Gasteiger partial charge is 0.229 e. The summed E-state index contributed by atoms with van der Waals surface area (Å²) in [6, 6.07) is 18.1. The minimum Gasteiger partial charge on any atom is -0.486 e. The highest BCUT2D eigenvalue weighted by atomic mass is 16.6. The maximum Gasteiger partial charge on any atom is 0.229 e. The van der Waals surface area contributed by atoms with Crippen LogP contribution in [-0.2, 0) is 6.42 Å². The Morgan fingerprint density at radius 1 is 0.926 bits per heavy atom. The fourth-order valence-corrected chi connectivity index (χ4v) is 2.92. The van der Waals surface area contributed by atoms with Crippen molar-refractivity contribution in [3.63, 3.8) is 0 Å². The molecular formula is C21H22N4O2. The second-order valence-electron chi connectivity index (χ2n) is 6.26. The van der Waals surface area contributed by atoms with Crippen molar-refractivity contribution in [1.82, 2.24) is 9.97 Å². The molecule has 0 saturated carbocycles. The van der Waals surface area contributed by atoms with Crippen LogP contribution in [0.4, 0.5) is 17.5 Å². The molecule has 1 aliphatic heterocycles. The van der Waals surface area contributed by atoms with Crippen LogP contribution in [0.3, 0.4) is 0 Å². The van der Waals surface area contributed by atoms with E-state index in [9.17, 15) is 0 Å². The van der Waals surface area contributed by atoms with Gasteiger partial charge < -0.3 is 20.1 Å². The van der Waals surface area contributed by atoms with Gasteiger partial charge in [-0.15, -0.1) is 0 Å². The van der Waals surface area contributed by atoms with Gasteiger partial charge in [-0.3, -0.25) is 0 Å². The summed E-state index contributed by atoms with van der Waals surface area (Å²) in [6.07, 6.45) is 3.83. The normalized spacial score (nSPS) is 12.4. The van der Waals surface area contributed by atoms with Crippen LogP contribution < -0.4 is 20.1 Å². The van der Waals surface area contributed by atoms with Crippen molar-refractivity contribution in [1.29, 1.82) is 0 Å². The summed E-state index contributed by atoms with van der Waals surface area (Å²) in [5.41, 5.74) is 2.21. The summed E-state index contributed by atoms with van der Waals surface area (Å²) < 4.78 is 11.1. The molecule has 0 amide bonds. The molecule has 0 fully saturated rings. The van der Waals surface area contributed by atoms with Gasteiger partial charge in [-0.2, -0.15) is 4.98 Å². The molecule has 0 spiro atoms. The summed E-state index contributed by atoms with van der Waals surface area (Å²) in [6.45, 7) is 2.01. The Labute approximate surface area is 158 Å². The van der Waals surface area contributed by atoms with E-state index in [4.69, 9.17) is 9.47 Å². The SMILES string of the molecule is c1ccc(CCCNc2ccnc(Nc3ccc4c(c3)OCCO4)n2)cc1. The summed E-state index contributed by atoms with van der Waals surface area (Å²) in [5.74, 6) is 2.85. The highest BCUT2D eigenvalue weighted by molar-refractivity contribution is 5.60. The van der Waals surface area contributed by atoms with Gasteiger partial charge in [-0.1, -0.05) is 30.3 Å². The van der Waals surface area contributed by atoms with Gasteiger partial charge in [0, 0.05) is 24.5 Å². The molecule has 4 rings (SSSR count). The molecule has 27 heavy (non-hydrogen) atoms. The first-order valence-corrected chi connectivity index (χ1v) is 9.14. The Bertz CT molecular complexity index is 886. The molecule has 1 aliphatic rings. The molecule has 0 atom stereocenters. The van der Waals surface area contributed by atoms with Crippen LogP contribution in [-0.4, -0.2) is 29.7 Å². The standard InChI is InChI=1S/C21H22N4O2/c1-2-5-16(6-3-1)7-4-11-22-20-10-12-23-21(25-20)24-17-8-9-18-19(15-17)27-14-13-26-18/h1-3,5-6,8-10,12,15H,4,7,11,13-14H2,(H2,22,23,24,25). The Balaban J connectivity index is 1.32. The maximum atomic E-state index is 5.61. The third-order valence-corrected chi connectivity index (χ3v) is 4.25. The van der Waals surface area contributed by atoms with E-state index < -0.39 is 0 Å². The van der Waals surface area contributed by atoms with Gasteiger partial charge in [-0.25, -0.2) is 4.98 Å². The van der Waals surface area contributed by atoms with Crippen LogP contribution >= 0.6 is 0 Å². The maximum absolute atomic E-state index is 5.61. The van der Waals surface area contributed by atoms with E-state index in [0.29, 0.717) is 19.2 Å². The van der Waals surface area contributed by atoms with E-state index in [2.05, 4.69) is 44.9 Å². The zero-order chi connectivity index (χ0) is 18.3. The number of aromatic nitrogens is 2. The average Bonchev–Trinajstić information content (AvgIpc) is 2.72. The first kappa shape index (κ1) is 17.1. The lowest BCUT2D eigenvalue weighted by atomic mass is 10.1. The van der Waals surface area contributed by atoms with Gasteiger partial charge in [0.2, 0.25) is 5.95 Å². The van der Waals surface area contributed by atoms with E-state index in [1.807, 2.05) is 30.3 Å².